The molecule has 1 fully saturated rings. The number of nitrogen functional groups attached to an aromatic ring is 1. The van der Waals surface area contributed by atoms with Crippen LogP contribution in [0, 0.1) is 0 Å². The van der Waals surface area contributed by atoms with Crippen molar-refractivity contribution in [3.63, 3.8) is 0 Å². The lowest BCUT2D eigenvalue weighted by Gasteiger charge is -2.32. The second kappa shape index (κ2) is 5.84. The molecule has 0 unspecified atom stereocenters. The third kappa shape index (κ3) is 2.90. The Morgan fingerprint density at radius 3 is 2.46 bits per heavy atom. The van der Waals surface area contributed by atoms with Crippen LogP contribution >= 0.6 is 0 Å². The average Bonchev–Trinajstić information content (AvgIpc) is 2.73. The van der Waals surface area contributed by atoms with Crippen LogP contribution in [0.5, 0.6) is 0 Å². The number of rotatable bonds is 3. The van der Waals surface area contributed by atoms with Crippen molar-refractivity contribution in [3.8, 4) is 0 Å². The zero-order chi connectivity index (χ0) is 17.5. The Hall–Kier alpha value is -1.96. The highest BCUT2D eigenvalue weighted by atomic mass is 16.7. The van der Waals surface area contributed by atoms with E-state index in [1.54, 1.807) is 0 Å². The van der Waals surface area contributed by atoms with Gasteiger partial charge in [0.1, 0.15) is 12.1 Å². The van der Waals surface area contributed by atoms with E-state index in [-0.39, 0.29) is 0 Å². The summed E-state index contributed by atoms with van der Waals surface area (Å²) in [4.78, 5) is 8.25. The molecule has 0 spiro atoms. The maximum Gasteiger partial charge on any atom is 0.491 e. The lowest BCUT2D eigenvalue weighted by molar-refractivity contribution is 0.00578. The van der Waals surface area contributed by atoms with Gasteiger partial charge in [-0.2, -0.15) is 0 Å². The van der Waals surface area contributed by atoms with Gasteiger partial charge >= 0.3 is 7.12 Å². The quantitative estimate of drug-likeness (QED) is 0.839. The van der Waals surface area contributed by atoms with Crippen molar-refractivity contribution < 1.29 is 9.31 Å². The van der Waals surface area contributed by atoms with Crippen molar-refractivity contribution in [2.75, 3.05) is 12.3 Å². The zero-order valence-corrected chi connectivity index (χ0v) is 14.5. The van der Waals surface area contributed by atoms with Crippen molar-refractivity contribution in [3.05, 3.63) is 35.6 Å². The molecule has 0 saturated carbocycles. The molecule has 2 aromatic rings. The van der Waals surface area contributed by atoms with Gasteiger partial charge in [0.2, 0.25) is 0 Å². The summed E-state index contributed by atoms with van der Waals surface area (Å²) in [6.45, 7) is 8.43. The summed E-state index contributed by atoms with van der Waals surface area (Å²) in [5.74, 6) is 0.459. The molecule has 1 saturated heterocycles. The number of fused-ring (bicyclic) bond motifs is 1. The molecule has 3 rings (SSSR count). The summed E-state index contributed by atoms with van der Waals surface area (Å²) < 4.78 is 12.2. The first kappa shape index (κ1) is 16.9. The highest BCUT2D eigenvalue weighted by Gasteiger charge is 2.52. The molecule has 6 nitrogen and oxygen atoms in total. The molecule has 24 heavy (non-hydrogen) atoms. The fourth-order valence-electron chi connectivity index (χ4n) is 2.62. The minimum Gasteiger partial charge on any atom is -0.400 e. The summed E-state index contributed by atoms with van der Waals surface area (Å²) in [6, 6.07) is 5.83. The summed E-state index contributed by atoms with van der Waals surface area (Å²) in [5.41, 5.74) is 13.7. The van der Waals surface area contributed by atoms with Crippen LogP contribution in [0.25, 0.3) is 17.0 Å². The van der Waals surface area contributed by atoms with E-state index in [4.69, 9.17) is 20.8 Å². The fraction of sp³-hybridized carbons (Fsp3) is 0.412. The smallest absolute Gasteiger partial charge is 0.400 e. The van der Waals surface area contributed by atoms with Gasteiger partial charge in [-0.3, -0.25) is 0 Å². The van der Waals surface area contributed by atoms with E-state index < -0.39 is 18.3 Å². The molecular weight excluding hydrogens is 303 g/mol. The van der Waals surface area contributed by atoms with E-state index in [0.29, 0.717) is 12.4 Å². The molecule has 7 heteroatoms. The Morgan fingerprint density at radius 1 is 1.17 bits per heavy atom. The first-order chi connectivity index (χ1) is 11.2. The maximum absolute atomic E-state index is 6.08. The lowest BCUT2D eigenvalue weighted by Crippen LogP contribution is -2.41. The van der Waals surface area contributed by atoms with E-state index in [1.165, 1.54) is 6.33 Å². The van der Waals surface area contributed by atoms with Crippen molar-refractivity contribution in [1.82, 2.24) is 9.97 Å². The Bertz CT molecular complexity index is 788. The van der Waals surface area contributed by atoms with Crippen LogP contribution in [0.4, 0.5) is 5.82 Å². The minimum absolute atomic E-state index is 0.343. The highest BCUT2D eigenvalue weighted by Crippen LogP contribution is 2.38. The van der Waals surface area contributed by atoms with Crippen molar-refractivity contribution in [1.29, 1.82) is 0 Å². The second-order valence-electron chi connectivity index (χ2n) is 7.05. The van der Waals surface area contributed by atoms with E-state index in [9.17, 15) is 0 Å². The van der Waals surface area contributed by atoms with Gasteiger partial charge in [-0.15, -0.1) is 0 Å². The molecule has 0 radical (unpaired) electrons. The van der Waals surface area contributed by atoms with Crippen LogP contribution in [0.2, 0.25) is 0 Å². The normalized spacial score (nSPS) is 19.9. The van der Waals surface area contributed by atoms with Crippen LogP contribution < -0.4 is 11.5 Å². The second-order valence-corrected chi connectivity index (χ2v) is 7.05. The van der Waals surface area contributed by atoms with Gasteiger partial charge in [-0.05, 0) is 50.9 Å². The molecule has 1 aromatic carbocycles. The maximum atomic E-state index is 6.08. The Morgan fingerprint density at radius 2 is 1.83 bits per heavy atom. The van der Waals surface area contributed by atoms with E-state index in [0.717, 1.165) is 21.9 Å². The van der Waals surface area contributed by atoms with Crippen LogP contribution in [-0.2, 0) is 9.31 Å². The number of aromatic nitrogens is 2. The van der Waals surface area contributed by atoms with Gasteiger partial charge in [-0.1, -0.05) is 12.1 Å². The van der Waals surface area contributed by atoms with Crippen molar-refractivity contribution in [2.45, 2.75) is 38.9 Å². The Labute approximate surface area is 142 Å². The molecule has 0 aliphatic carbocycles. The first-order valence-corrected chi connectivity index (χ1v) is 8.00. The predicted octanol–water partition coefficient (Wildman–Crippen LogP) is 2.19. The molecule has 0 atom stereocenters. The SMILES string of the molecule is CC1(C)OB(C(=Cc2ccc3ncnc(N)c3c2)CN)OC1(C)C. The molecule has 126 valence electrons. The molecule has 0 bridgehead atoms. The Balaban J connectivity index is 1.96. The number of benzene rings is 1. The van der Waals surface area contributed by atoms with E-state index in [2.05, 4.69) is 9.97 Å². The zero-order valence-electron chi connectivity index (χ0n) is 14.5. The monoisotopic (exact) mass is 326 g/mol. The standard InChI is InChI=1S/C17H23BN4O2/c1-16(2)17(3,4)24-18(23-16)12(9-19)7-11-5-6-14-13(8-11)15(20)22-10-21-14/h5-8,10H,9,19H2,1-4H3,(H2,20,21,22). The van der Waals surface area contributed by atoms with Gasteiger partial charge in [0.25, 0.3) is 0 Å². The summed E-state index contributed by atoms with van der Waals surface area (Å²) >= 11 is 0. The van der Waals surface area contributed by atoms with Crippen molar-refractivity contribution >= 4 is 29.9 Å². The number of nitrogens with two attached hydrogens (primary N) is 2. The highest BCUT2D eigenvalue weighted by molar-refractivity contribution is 6.55. The molecule has 2 heterocycles. The Kier molecular flexibility index (Phi) is 4.11. The van der Waals surface area contributed by atoms with Crippen LogP contribution in [-0.4, -0.2) is 34.8 Å². The molecular formula is C17H23BN4O2. The first-order valence-electron chi connectivity index (χ1n) is 8.00. The number of hydrogen-bond donors (Lipinski definition) is 2. The predicted molar refractivity (Wildman–Crippen MR) is 97.1 cm³/mol. The van der Waals surface area contributed by atoms with Gasteiger partial charge in [0.05, 0.1) is 16.7 Å². The summed E-state index contributed by atoms with van der Waals surface area (Å²) in [7, 11) is -0.458. The molecule has 1 aliphatic heterocycles. The van der Waals surface area contributed by atoms with E-state index >= 15 is 0 Å². The number of anilines is 1. The summed E-state index contributed by atoms with van der Waals surface area (Å²) in [5, 5.41) is 0.816. The van der Waals surface area contributed by atoms with Gasteiger partial charge in [0.15, 0.2) is 0 Å². The number of nitrogens with zero attached hydrogens (tertiary/aromatic N) is 2. The average molecular weight is 326 g/mol. The fourth-order valence-corrected chi connectivity index (χ4v) is 2.62. The lowest BCUT2D eigenvalue weighted by atomic mass is 9.77. The third-order valence-corrected chi connectivity index (χ3v) is 4.83. The topological polar surface area (TPSA) is 96.3 Å². The minimum atomic E-state index is -0.458. The molecule has 1 aliphatic rings. The van der Waals surface area contributed by atoms with E-state index in [1.807, 2.05) is 52.0 Å². The van der Waals surface area contributed by atoms with Crippen molar-refractivity contribution in [2.24, 2.45) is 5.73 Å². The molecule has 0 amide bonds. The molecule has 4 N–H and O–H groups in total. The van der Waals surface area contributed by atoms with Gasteiger partial charge in [0, 0.05) is 11.9 Å². The summed E-state index contributed by atoms with van der Waals surface area (Å²) in [6.07, 6.45) is 3.44. The van der Waals surface area contributed by atoms with Gasteiger partial charge in [-0.25, -0.2) is 9.97 Å². The van der Waals surface area contributed by atoms with Crippen LogP contribution in [0.15, 0.2) is 30.0 Å². The van der Waals surface area contributed by atoms with Gasteiger partial charge < -0.3 is 20.8 Å². The number of hydrogen-bond acceptors (Lipinski definition) is 6. The molecule has 1 aromatic heterocycles. The third-order valence-electron chi connectivity index (χ3n) is 4.83. The largest absolute Gasteiger partial charge is 0.491 e. The van der Waals surface area contributed by atoms with Crippen LogP contribution in [0.1, 0.15) is 33.3 Å². The van der Waals surface area contributed by atoms with Crippen LogP contribution in [0.3, 0.4) is 0 Å².